The van der Waals surface area contributed by atoms with E-state index in [4.69, 9.17) is 0 Å². The maximum Gasteiger partial charge on any atom is 0.226 e. The first-order valence-corrected chi connectivity index (χ1v) is 7.89. The lowest BCUT2D eigenvalue weighted by Gasteiger charge is -2.04. The molecule has 0 radical (unpaired) electrons. The third kappa shape index (κ3) is 3.03. The molecule has 1 aromatic carbocycles. The van der Waals surface area contributed by atoms with Gasteiger partial charge in [0.25, 0.3) is 0 Å². The minimum Gasteiger partial charge on any atom is -0.245 e. The van der Waals surface area contributed by atoms with Crippen LogP contribution in [0.3, 0.4) is 0 Å². The van der Waals surface area contributed by atoms with Crippen LogP contribution in [0.4, 0.5) is 0 Å². The molecule has 0 aliphatic heterocycles. The zero-order chi connectivity index (χ0) is 13.1. The predicted octanol–water partition coefficient (Wildman–Crippen LogP) is 0.646. The van der Waals surface area contributed by atoms with E-state index in [2.05, 4.69) is 4.99 Å². The zero-order valence-corrected chi connectivity index (χ0v) is 10.9. The zero-order valence-electron chi connectivity index (χ0n) is 9.28. The van der Waals surface area contributed by atoms with Crippen molar-refractivity contribution in [3.63, 3.8) is 0 Å². The van der Waals surface area contributed by atoms with Crippen molar-refractivity contribution in [2.45, 2.75) is 4.90 Å². The second-order valence-corrected chi connectivity index (χ2v) is 7.31. The summed E-state index contributed by atoms with van der Waals surface area (Å²) < 4.78 is 46.0. The Kier molecular flexibility index (Phi) is 3.87. The number of benzene rings is 1. The molecule has 5 nitrogen and oxygen atoms in total. The Morgan fingerprint density at radius 3 is 2.06 bits per heavy atom. The molecule has 0 atom stereocenters. The van der Waals surface area contributed by atoms with Crippen molar-refractivity contribution in [3.8, 4) is 0 Å². The van der Waals surface area contributed by atoms with Crippen LogP contribution in [-0.4, -0.2) is 36.0 Å². The predicted molar refractivity (Wildman–Crippen MR) is 65.3 cm³/mol. The van der Waals surface area contributed by atoms with Gasteiger partial charge in [0, 0.05) is 19.2 Å². The summed E-state index contributed by atoms with van der Waals surface area (Å²) in [5.74, 6) is 2.03. The normalized spacial score (nSPS) is 11.6. The molecule has 0 heterocycles. The van der Waals surface area contributed by atoms with E-state index in [-0.39, 0.29) is 4.90 Å². The Labute approximate surface area is 100 Å². The molecule has 92 valence electrons. The number of hydrogen-bond acceptors (Lipinski definition) is 5. The van der Waals surface area contributed by atoms with Gasteiger partial charge in [0.15, 0.2) is 9.84 Å². The number of nitrogens with zero attached hydrogens (tertiary/aromatic N) is 1. The SMILES string of the molecule is CN=C=C(S(C)(=O)=O)S(=O)(=O)c1ccccc1. The van der Waals surface area contributed by atoms with E-state index >= 15 is 0 Å². The van der Waals surface area contributed by atoms with Gasteiger partial charge in [-0.3, -0.25) is 0 Å². The summed E-state index contributed by atoms with van der Waals surface area (Å²) >= 11 is 0. The average Bonchev–Trinajstić information content (AvgIpc) is 2.25. The molecule has 0 N–H and O–H groups in total. The molecular weight excluding hydrogens is 262 g/mol. The summed E-state index contributed by atoms with van der Waals surface area (Å²) in [4.78, 5) is 3.25. The van der Waals surface area contributed by atoms with Crippen molar-refractivity contribution in [2.75, 3.05) is 13.3 Å². The molecule has 1 rings (SSSR count). The highest BCUT2D eigenvalue weighted by atomic mass is 32.3. The van der Waals surface area contributed by atoms with Crippen molar-refractivity contribution >= 4 is 25.5 Å². The van der Waals surface area contributed by atoms with Crippen molar-refractivity contribution in [2.24, 2.45) is 4.99 Å². The Balaban J connectivity index is 3.58. The van der Waals surface area contributed by atoms with Gasteiger partial charge in [0.2, 0.25) is 14.1 Å². The molecule has 0 saturated heterocycles. The van der Waals surface area contributed by atoms with E-state index < -0.39 is 23.9 Å². The quantitative estimate of drug-likeness (QED) is 0.757. The van der Waals surface area contributed by atoms with Crippen molar-refractivity contribution in [3.05, 3.63) is 34.6 Å². The summed E-state index contributed by atoms with van der Waals surface area (Å²) in [7, 11) is -6.75. The molecule has 0 spiro atoms. The number of aliphatic imine (C=N–C) groups is 1. The second-order valence-electron chi connectivity index (χ2n) is 3.21. The van der Waals surface area contributed by atoms with Crippen molar-refractivity contribution in [1.82, 2.24) is 0 Å². The molecule has 0 aromatic heterocycles. The first kappa shape index (κ1) is 13.6. The van der Waals surface area contributed by atoms with Gasteiger partial charge in [-0.2, -0.15) is 0 Å². The first-order valence-electron chi connectivity index (χ1n) is 4.52. The van der Waals surface area contributed by atoms with Crippen LogP contribution in [0.25, 0.3) is 0 Å². The molecule has 0 aliphatic carbocycles. The molecule has 17 heavy (non-hydrogen) atoms. The Morgan fingerprint density at radius 1 is 1.12 bits per heavy atom. The smallest absolute Gasteiger partial charge is 0.226 e. The van der Waals surface area contributed by atoms with Gasteiger partial charge in [0.1, 0.15) is 0 Å². The Morgan fingerprint density at radius 2 is 1.65 bits per heavy atom. The molecule has 0 fully saturated rings. The van der Waals surface area contributed by atoms with Gasteiger partial charge in [-0.25, -0.2) is 21.8 Å². The first-order chi connectivity index (χ1) is 7.80. The minimum atomic E-state index is -4.10. The lowest BCUT2D eigenvalue weighted by molar-refractivity contribution is 0.598. The van der Waals surface area contributed by atoms with Gasteiger partial charge in [0.05, 0.1) is 4.90 Å². The van der Waals surface area contributed by atoms with Crippen molar-refractivity contribution in [1.29, 1.82) is 0 Å². The summed E-state index contributed by atoms with van der Waals surface area (Å²) in [5.41, 5.74) is 0. The summed E-state index contributed by atoms with van der Waals surface area (Å²) in [6.07, 6.45) is 0.807. The number of sulfone groups is 2. The van der Waals surface area contributed by atoms with Gasteiger partial charge >= 0.3 is 0 Å². The van der Waals surface area contributed by atoms with Crippen LogP contribution in [0.5, 0.6) is 0 Å². The monoisotopic (exact) mass is 273 g/mol. The molecule has 7 heteroatoms. The van der Waals surface area contributed by atoms with Crippen LogP contribution in [0.2, 0.25) is 0 Å². The van der Waals surface area contributed by atoms with Gasteiger partial charge in [-0.15, -0.1) is 0 Å². The molecule has 0 aliphatic rings. The molecule has 1 aromatic rings. The van der Waals surface area contributed by atoms with Crippen LogP contribution in [0, 0.1) is 0 Å². The maximum absolute atomic E-state index is 12.0. The lowest BCUT2D eigenvalue weighted by Crippen LogP contribution is -2.14. The topological polar surface area (TPSA) is 80.6 Å². The fourth-order valence-corrected chi connectivity index (χ4v) is 4.22. The van der Waals surface area contributed by atoms with Crippen molar-refractivity contribution < 1.29 is 16.8 Å². The average molecular weight is 273 g/mol. The molecule has 0 amide bonds. The third-order valence-corrected chi connectivity index (χ3v) is 5.64. The van der Waals surface area contributed by atoms with Crippen LogP contribution in [-0.2, 0) is 19.7 Å². The maximum atomic E-state index is 12.0. The van der Waals surface area contributed by atoms with Gasteiger partial charge in [-0.1, -0.05) is 18.2 Å². The Hall–Kier alpha value is -1.43. The van der Waals surface area contributed by atoms with E-state index in [0.29, 0.717) is 0 Å². The number of hydrogen-bond donors (Lipinski definition) is 0. The highest BCUT2D eigenvalue weighted by Gasteiger charge is 2.29. The summed E-state index contributed by atoms with van der Waals surface area (Å²) in [6, 6.07) is 7.29. The third-order valence-electron chi connectivity index (χ3n) is 1.84. The van der Waals surface area contributed by atoms with Crippen LogP contribution < -0.4 is 0 Å². The van der Waals surface area contributed by atoms with E-state index in [1.54, 1.807) is 6.07 Å². The van der Waals surface area contributed by atoms with Crippen LogP contribution in [0.1, 0.15) is 0 Å². The second kappa shape index (κ2) is 4.83. The molecular formula is C10H11NO4S2. The van der Waals surface area contributed by atoms with Crippen LogP contribution in [0.15, 0.2) is 44.5 Å². The minimum absolute atomic E-state index is 0.100. The van der Waals surface area contributed by atoms with Crippen LogP contribution >= 0.6 is 0 Å². The highest BCUT2D eigenvalue weighted by Crippen LogP contribution is 2.20. The molecule has 0 saturated carbocycles. The summed E-state index contributed by atoms with van der Waals surface area (Å²) in [6.45, 7) is 0. The number of rotatable bonds is 3. The van der Waals surface area contributed by atoms with E-state index in [1.807, 2.05) is 5.87 Å². The van der Waals surface area contributed by atoms with Gasteiger partial charge < -0.3 is 0 Å². The largest absolute Gasteiger partial charge is 0.245 e. The van der Waals surface area contributed by atoms with E-state index in [1.165, 1.54) is 31.3 Å². The van der Waals surface area contributed by atoms with E-state index in [0.717, 1.165) is 6.26 Å². The standard InChI is InChI=1S/C10H11NO4S2/c1-11-8-10(16(2,12)13)17(14,15)9-6-4-3-5-7-9/h3-7H,1-2H3. The molecule has 0 bridgehead atoms. The summed E-state index contributed by atoms with van der Waals surface area (Å²) in [5, 5.41) is 0. The van der Waals surface area contributed by atoms with E-state index in [9.17, 15) is 16.8 Å². The van der Waals surface area contributed by atoms with Gasteiger partial charge in [-0.05, 0) is 12.1 Å². The fourth-order valence-electron chi connectivity index (χ4n) is 1.14. The Bertz CT molecular complexity index is 666. The molecule has 0 unspecified atom stereocenters. The highest BCUT2D eigenvalue weighted by molar-refractivity contribution is 8.14. The lowest BCUT2D eigenvalue weighted by atomic mass is 10.4. The fraction of sp³-hybridized carbons (Fsp3) is 0.200.